The van der Waals surface area contributed by atoms with Crippen molar-refractivity contribution in [3.63, 3.8) is 0 Å². The molecule has 29 heavy (non-hydrogen) atoms. The monoisotopic (exact) mass is 387 g/mol. The van der Waals surface area contributed by atoms with Crippen LogP contribution in [-0.4, -0.2) is 26.7 Å². The Morgan fingerprint density at radius 1 is 1.07 bits per heavy atom. The number of fused-ring (bicyclic) bond motifs is 1. The molecular formula is C22H21N5O2. The van der Waals surface area contributed by atoms with E-state index in [-0.39, 0.29) is 10.6 Å². The van der Waals surface area contributed by atoms with Crippen molar-refractivity contribution in [1.82, 2.24) is 14.8 Å². The number of aryl methyl sites for hydroxylation is 1. The van der Waals surface area contributed by atoms with Crippen LogP contribution in [0.25, 0.3) is 16.5 Å². The normalized spacial score (nSPS) is 11.0. The summed E-state index contributed by atoms with van der Waals surface area (Å²) < 4.78 is 1.95. The van der Waals surface area contributed by atoms with Gasteiger partial charge in [-0.3, -0.25) is 15.1 Å². The average Bonchev–Trinajstić information content (AvgIpc) is 3.01. The summed E-state index contributed by atoms with van der Waals surface area (Å²) in [5.74, 6) is 0. The predicted octanol–water partition coefficient (Wildman–Crippen LogP) is 4.58. The summed E-state index contributed by atoms with van der Waals surface area (Å²) in [7, 11) is 1.99. The smallest absolute Gasteiger partial charge is 0.278 e. The predicted molar refractivity (Wildman–Crippen MR) is 114 cm³/mol. The van der Waals surface area contributed by atoms with E-state index in [4.69, 9.17) is 5.10 Å². The molecule has 2 aromatic heterocycles. The molecule has 0 saturated carbocycles. The zero-order valence-corrected chi connectivity index (χ0v) is 16.5. The summed E-state index contributed by atoms with van der Waals surface area (Å²) in [5.41, 5.74) is 5.18. The van der Waals surface area contributed by atoms with Crippen LogP contribution in [0.1, 0.15) is 17.0 Å². The van der Waals surface area contributed by atoms with Gasteiger partial charge >= 0.3 is 0 Å². The van der Waals surface area contributed by atoms with Gasteiger partial charge < -0.3 is 4.90 Å². The van der Waals surface area contributed by atoms with Crippen molar-refractivity contribution in [2.75, 3.05) is 11.9 Å². The fraction of sp³-hybridized carbons (Fsp3) is 0.182. The number of rotatable bonds is 5. The Balaban J connectivity index is 1.73. The molecule has 0 unspecified atom stereocenters. The second-order valence-corrected chi connectivity index (χ2v) is 7.03. The lowest BCUT2D eigenvalue weighted by Gasteiger charge is -2.21. The number of nitro benzene ring substituents is 1. The highest BCUT2D eigenvalue weighted by Gasteiger charge is 2.19. The third-order valence-electron chi connectivity index (χ3n) is 5.22. The van der Waals surface area contributed by atoms with Crippen molar-refractivity contribution in [2.24, 2.45) is 0 Å². The first-order valence-corrected chi connectivity index (χ1v) is 9.30. The highest BCUT2D eigenvalue weighted by atomic mass is 16.6. The molecular weight excluding hydrogens is 366 g/mol. The van der Waals surface area contributed by atoms with Crippen LogP contribution in [0, 0.1) is 24.0 Å². The van der Waals surface area contributed by atoms with Crippen molar-refractivity contribution in [3.05, 3.63) is 88.0 Å². The zero-order valence-electron chi connectivity index (χ0n) is 16.5. The molecule has 2 aromatic carbocycles. The van der Waals surface area contributed by atoms with Gasteiger partial charge in [0.05, 0.1) is 21.7 Å². The first kappa shape index (κ1) is 18.6. The van der Waals surface area contributed by atoms with Crippen molar-refractivity contribution in [3.8, 4) is 5.69 Å². The van der Waals surface area contributed by atoms with Gasteiger partial charge in [-0.15, -0.1) is 0 Å². The Morgan fingerprint density at radius 3 is 2.55 bits per heavy atom. The molecule has 0 aliphatic rings. The maximum atomic E-state index is 11.4. The first-order chi connectivity index (χ1) is 14.0. The van der Waals surface area contributed by atoms with Gasteiger partial charge in [-0.25, -0.2) is 4.68 Å². The van der Waals surface area contributed by atoms with Crippen molar-refractivity contribution < 1.29 is 4.92 Å². The number of nitro groups is 1. The number of hydrogen-bond donors (Lipinski definition) is 0. The number of aromatic nitrogens is 3. The van der Waals surface area contributed by atoms with Crippen LogP contribution >= 0.6 is 0 Å². The number of non-ortho nitro benzene ring substituents is 1. The maximum absolute atomic E-state index is 11.4. The van der Waals surface area contributed by atoms with Crippen LogP contribution in [0.4, 0.5) is 11.4 Å². The fourth-order valence-electron chi connectivity index (χ4n) is 3.70. The summed E-state index contributed by atoms with van der Waals surface area (Å²) in [6, 6.07) is 15.2. The summed E-state index contributed by atoms with van der Waals surface area (Å²) in [6.07, 6.45) is 3.21. The Morgan fingerprint density at radius 2 is 1.83 bits per heavy atom. The molecule has 4 rings (SSSR count). The van der Waals surface area contributed by atoms with E-state index >= 15 is 0 Å². The highest BCUT2D eigenvalue weighted by molar-refractivity contribution is 5.99. The molecule has 0 atom stereocenters. The Labute approximate surface area is 168 Å². The number of benzene rings is 2. The van der Waals surface area contributed by atoms with Crippen LogP contribution < -0.4 is 4.90 Å². The molecule has 146 valence electrons. The number of hydrogen-bond acceptors (Lipinski definition) is 5. The first-order valence-electron chi connectivity index (χ1n) is 9.30. The summed E-state index contributed by atoms with van der Waals surface area (Å²) >= 11 is 0. The summed E-state index contributed by atoms with van der Waals surface area (Å²) in [6.45, 7) is 4.71. The topological polar surface area (TPSA) is 77.1 Å². The van der Waals surface area contributed by atoms with Gasteiger partial charge in [0.25, 0.3) is 5.69 Å². The SMILES string of the molecule is Cc1nn(-c2ccccc2)c(C)c1CN(C)c1ccc([N+](=O)[O-])c2cnccc12. The molecule has 0 fully saturated rings. The van der Waals surface area contributed by atoms with Gasteiger partial charge in [0.2, 0.25) is 0 Å². The minimum atomic E-state index is -0.369. The van der Waals surface area contributed by atoms with Crippen LogP contribution in [0.15, 0.2) is 60.9 Å². The largest absolute Gasteiger partial charge is 0.370 e. The van der Waals surface area contributed by atoms with E-state index in [1.165, 1.54) is 0 Å². The molecule has 0 aliphatic carbocycles. The molecule has 4 aromatic rings. The molecule has 0 aliphatic heterocycles. The van der Waals surface area contributed by atoms with E-state index in [9.17, 15) is 10.1 Å². The number of pyridine rings is 1. The van der Waals surface area contributed by atoms with Crippen LogP contribution in [0.5, 0.6) is 0 Å². The van der Waals surface area contributed by atoms with Gasteiger partial charge in [-0.1, -0.05) is 18.2 Å². The lowest BCUT2D eigenvalue weighted by atomic mass is 10.1. The minimum absolute atomic E-state index is 0.0644. The number of nitrogens with zero attached hydrogens (tertiary/aromatic N) is 5. The van der Waals surface area contributed by atoms with Crippen molar-refractivity contribution in [2.45, 2.75) is 20.4 Å². The number of para-hydroxylation sites is 1. The third kappa shape index (κ3) is 3.31. The van der Waals surface area contributed by atoms with Gasteiger partial charge in [0.15, 0.2) is 0 Å². The molecule has 7 nitrogen and oxygen atoms in total. The van der Waals surface area contributed by atoms with E-state index in [1.54, 1.807) is 24.5 Å². The van der Waals surface area contributed by atoms with Gasteiger partial charge in [0.1, 0.15) is 0 Å². The van der Waals surface area contributed by atoms with Gasteiger partial charge in [-0.05, 0) is 38.1 Å². The maximum Gasteiger partial charge on any atom is 0.278 e. The average molecular weight is 387 g/mol. The van der Waals surface area contributed by atoms with Gasteiger partial charge in [-0.2, -0.15) is 5.10 Å². The molecule has 0 amide bonds. The van der Waals surface area contributed by atoms with Crippen LogP contribution in [0.3, 0.4) is 0 Å². The van der Waals surface area contributed by atoms with E-state index < -0.39 is 0 Å². The molecule has 0 bridgehead atoms. The Kier molecular flexibility index (Phi) is 4.72. The Hall–Kier alpha value is -3.74. The fourth-order valence-corrected chi connectivity index (χ4v) is 3.70. The number of anilines is 1. The molecule has 0 saturated heterocycles. The Bertz CT molecular complexity index is 1200. The molecule has 2 heterocycles. The van der Waals surface area contributed by atoms with Crippen LogP contribution in [0.2, 0.25) is 0 Å². The lowest BCUT2D eigenvalue weighted by molar-refractivity contribution is -0.383. The standard InChI is InChI=1S/C22H21N5O2/c1-15-20(16(2)26(24-15)17-7-5-4-6-8-17)14-25(3)21-9-10-22(27(28)29)19-13-23-12-11-18(19)21/h4-13H,14H2,1-3H3. The van der Waals surface area contributed by atoms with Gasteiger partial charge in [0, 0.05) is 54.4 Å². The second kappa shape index (κ2) is 7.35. The highest BCUT2D eigenvalue weighted by Crippen LogP contribution is 2.33. The molecule has 0 radical (unpaired) electrons. The summed E-state index contributed by atoms with van der Waals surface area (Å²) in [4.78, 5) is 17.2. The molecule has 0 N–H and O–H groups in total. The lowest BCUT2D eigenvalue weighted by Crippen LogP contribution is -2.18. The van der Waals surface area contributed by atoms with E-state index in [2.05, 4.69) is 16.8 Å². The molecule has 0 spiro atoms. The van der Waals surface area contributed by atoms with Crippen molar-refractivity contribution in [1.29, 1.82) is 0 Å². The minimum Gasteiger partial charge on any atom is -0.370 e. The van der Waals surface area contributed by atoms with E-state index in [0.29, 0.717) is 11.9 Å². The van der Waals surface area contributed by atoms with Crippen molar-refractivity contribution >= 4 is 22.1 Å². The quantitative estimate of drug-likeness (QED) is 0.370. The third-order valence-corrected chi connectivity index (χ3v) is 5.22. The van der Waals surface area contributed by atoms with E-state index in [0.717, 1.165) is 33.7 Å². The van der Waals surface area contributed by atoms with E-state index in [1.807, 2.05) is 55.1 Å². The zero-order chi connectivity index (χ0) is 20.5. The van der Waals surface area contributed by atoms with Crippen LogP contribution in [-0.2, 0) is 6.54 Å². The summed E-state index contributed by atoms with van der Waals surface area (Å²) in [5, 5.41) is 17.4. The molecule has 7 heteroatoms. The second-order valence-electron chi connectivity index (χ2n) is 7.03.